The van der Waals surface area contributed by atoms with Crippen LogP contribution in [0, 0.1) is 5.92 Å². The van der Waals surface area contributed by atoms with E-state index in [1.807, 2.05) is 0 Å². The third kappa shape index (κ3) is 2.69. The van der Waals surface area contributed by atoms with E-state index in [1.165, 1.54) is 38.5 Å². The molecule has 4 heteroatoms. The van der Waals surface area contributed by atoms with Crippen LogP contribution in [-0.4, -0.2) is 24.1 Å². The van der Waals surface area contributed by atoms with Crippen LogP contribution in [0.2, 0.25) is 0 Å². The zero-order valence-electron chi connectivity index (χ0n) is 11.0. The number of carbonyl (C=O) groups is 1. The molecule has 3 aliphatic rings. The summed E-state index contributed by atoms with van der Waals surface area (Å²) in [7, 11) is 0. The molecule has 1 aliphatic heterocycles. The minimum absolute atomic E-state index is 0.0282. The van der Waals surface area contributed by atoms with Crippen LogP contribution in [0.1, 0.15) is 57.8 Å². The molecule has 0 spiro atoms. The van der Waals surface area contributed by atoms with Crippen molar-refractivity contribution in [2.24, 2.45) is 5.92 Å². The Morgan fingerprint density at radius 2 is 1.78 bits per heavy atom. The van der Waals surface area contributed by atoms with Crippen molar-refractivity contribution in [2.45, 2.75) is 76.0 Å². The van der Waals surface area contributed by atoms with Gasteiger partial charge in [0.05, 0.1) is 12.1 Å². The Hall–Kier alpha value is -0.610. The number of hydroxylamine groups is 1. The first-order chi connectivity index (χ1) is 8.83. The molecule has 1 saturated heterocycles. The van der Waals surface area contributed by atoms with Crippen LogP contribution in [0.25, 0.3) is 0 Å². The first-order valence-corrected chi connectivity index (χ1v) is 7.54. The van der Waals surface area contributed by atoms with E-state index < -0.39 is 0 Å². The lowest BCUT2D eigenvalue weighted by atomic mass is 9.85. The van der Waals surface area contributed by atoms with Crippen LogP contribution in [0.5, 0.6) is 0 Å². The topological polar surface area (TPSA) is 50.4 Å². The fourth-order valence-corrected chi connectivity index (χ4v) is 3.74. The predicted octanol–water partition coefficient (Wildman–Crippen LogP) is 1.90. The van der Waals surface area contributed by atoms with Gasteiger partial charge in [-0.25, -0.2) is 5.48 Å². The molecule has 0 aromatic carbocycles. The first kappa shape index (κ1) is 12.4. The molecule has 1 heterocycles. The molecule has 3 atom stereocenters. The second kappa shape index (κ2) is 5.57. The second-order valence-electron chi connectivity index (χ2n) is 6.10. The molecular formula is C14H24N2O2. The maximum absolute atomic E-state index is 12.0. The smallest absolute Gasteiger partial charge is 0.260 e. The lowest BCUT2D eigenvalue weighted by Gasteiger charge is -2.24. The molecule has 1 amide bonds. The molecule has 0 aromatic rings. The molecule has 3 unspecified atom stereocenters. The summed E-state index contributed by atoms with van der Waals surface area (Å²) in [5, 5.41) is 3.48. The Morgan fingerprint density at radius 3 is 2.56 bits per heavy atom. The van der Waals surface area contributed by atoms with E-state index in [1.54, 1.807) is 0 Å². The van der Waals surface area contributed by atoms with Crippen molar-refractivity contribution in [1.29, 1.82) is 0 Å². The third-order valence-corrected chi connectivity index (χ3v) is 4.81. The van der Waals surface area contributed by atoms with Gasteiger partial charge in [-0.3, -0.25) is 9.63 Å². The van der Waals surface area contributed by atoms with Gasteiger partial charge in [0.25, 0.3) is 5.91 Å². The quantitative estimate of drug-likeness (QED) is 0.754. The Kier molecular flexibility index (Phi) is 3.85. The van der Waals surface area contributed by atoms with Crippen LogP contribution in [0.3, 0.4) is 0 Å². The lowest BCUT2D eigenvalue weighted by Crippen LogP contribution is -2.44. The maximum atomic E-state index is 12.0. The van der Waals surface area contributed by atoms with Crippen LogP contribution in [-0.2, 0) is 9.63 Å². The number of hydrogen-bond acceptors (Lipinski definition) is 3. The monoisotopic (exact) mass is 252 g/mol. The van der Waals surface area contributed by atoms with Gasteiger partial charge in [-0.2, -0.15) is 0 Å². The fourth-order valence-electron chi connectivity index (χ4n) is 3.74. The number of carbonyl (C=O) groups excluding carboxylic acids is 1. The Bertz CT molecular complexity index is 288. The largest absolute Gasteiger partial charge is 0.303 e. The van der Waals surface area contributed by atoms with Crippen molar-refractivity contribution < 1.29 is 9.63 Å². The van der Waals surface area contributed by atoms with E-state index in [0.29, 0.717) is 12.0 Å². The van der Waals surface area contributed by atoms with Gasteiger partial charge in [0.15, 0.2) is 0 Å². The van der Waals surface area contributed by atoms with E-state index in [4.69, 9.17) is 4.84 Å². The number of hydrogen-bond donors (Lipinski definition) is 2. The van der Waals surface area contributed by atoms with Gasteiger partial charge in [-0.15, -0.1) is 0 Å². The van der Waals surface area contributed by atoms with E-state index in [0.717, 1.165) is 19.3 Å². The molecule has 0 aromatic heterocycles. The average Bonchev–Trinajstić information content (AvgIpc) is 3.04. The first-order valence-electron chi connectivity index (χ1n) is 7.54. The third-order valence-electron chi connectivity index (χ3n) is 4.81. The van der Waals surface area contributed by atoms with Crippen molar-refractivity contribution in [3.05, 3.63) is 0 Å². The minimum atomic E-state index is -0.0282. The minimum Gasteiger partial charge on any atom is -0.303 e. The van der Waals surface area contributed by atoms with Crippen molar-refractivity contribution in [3.8, 4) is 0 Å². The fraction of sp³-hybridized carbons (Fsp3) is 0.929. The summed E-state index contributed by atoms with van der Waals surface area (Å²) in [5.74, 6) is 0.747. The highest BCUT2D eigenvalue weighted by Gasteiger charge is 2.38. The van der Waals surface area contributed by atoms with Crippen LogP contribution in [0.4, 0.5) is 0 Å². The summed E-state index contributed by atoms with van der Waals surface area (Å²) in [6.07, 6.45) is 11.0. The van der Waals surface area contributed by atoms with E-state index in [-0.39, 0.29) is 18.1 Å². The van der Waals surface area contributed by atoms with E-state index in [2.05, 4.69) is 10.8 Å². The van der Waals surface area contributed by atoms with Crippen LogP contribution in [0.15, 0.2) is 0 Å². The van der Waals surface area contributed by atoms with E-state index in [9.17, 15) is 4.79 Å². The number of nitrogens with one attached hydrogen (secondary N) is 2. The molecule has 3 fully saturated rings. The van der Waals surface area contributed by atoms with Crippen molar-refractivity contribution in [1.82, 2.24) is 10.8 Å². The highest BCUT2D eigenvalue weighted by molar-refractivity contribution is 5.81. The molecule has 2 N–H and O–H groups in total. The highest BCUT2D eigenvalue weighted by atomic mass is 16.7. The summed E-state index contributed by atoms with van der Waals surface area (Å²) in [6.45, 7) is 0. The van der Waals surface area contributed by atoms with Crippen LogP contribution >= 0.6 is 0 Å². The molecule has 0 bridgehead atoms. The predicted molar refractivity (Wildman–Crippen MR) is 68.8 cm³/mol. The molecular weight excluding hydrogens is 228 g/mol. The summed E-state index contributed by atoms with van der Waals surface area (Å²) in [4.78, 5) is 17.5. The molecule has 2 aliphatic carbocycles. The van der Waals surface area contributed by atoms with Crippen molar-refractivity contribution in [2.75, 3.05) is 0 Å². The Labute approximate surface area is 109 Å². The van der Waals surface area contributed by atoms with Crippen molar-refractivity contribution >= 4 is 5.91 Å². The summed E-state index contributed by atoms with van der Waals surface area (Å²) >= 11 is 0. The van der Waals surface area contributed by atoms with Crippen molar-refractivity contribution in [3.63, 3.8) is 0 Å². The summed E-state index contributed by atoms with van der Waals surface area (Å²) < 4.78 is 0. The highest BCUT2D eigenvalue weighted by Crippen LogP contribution is 2.33. The maximum Gasteiger partial charge on any atom is 0.260 e. The van der Waals surface area contributed by atoms with Crippen LogP contribution < -0.4 is 10.8 Å². The molecule has 2 saturated carbocycles. The molecule has 102 valence electrons. The normalized spacial score (nSPS) is 36.6. The van der Waals surface area contributed by atoms with E-state index >= 15 is 0 Å². The number of rotatable bonds is 3. The number of amides is 1. The zero-order chi connectivity index (χ0) is 12.4. The van der Waals surface area contributed by atoms with Gasteiger partial charge in [0.1, 0.15) is 0 Å². The van der Waals surface area contributed by atoms with Gasteiger partial charge in [0.2, 0.25) is 0 Å². The summed E-state index contributed by atoms with van der Waals surface area (Å²) in [6, 6.07) is 0.542. The molecule has 0 radical (unpaired) electrons. The molecule has 4 nitrogen and oxygen atoms in total. The Balaban J connectivity index is 1.45. The molecule has 3 rings (SSSR count). The van der Waals surface area contributed by atoms with Gasteiger partial charge in [-0.1, -0.05) is 25.7 Å². The molecule has 18 heavy (non-hydrogen) atoms. The standard InChI is InChI=1S/C14H24N2O2/c17-14(16-18-11-6-2-3-7-11)13-9-10-5-1-4-8-12(10)15-13/h10-13,15H,1-9H2,(H,16,17). The lowest BCUT2D eigenvalue weighted by molar-refractivity contribution is -0.140. The van der Waals surface area contributed by atoms with Gasteiger partial charge < -0.3 is 5.32 Å². The second-order valence-corrected chi connectivity index (χ2v) is 6.10. The average molecular weight is 252 g/mol. The van der Waals surface area contributed by atoms with Gasteiger partial charge in [-0.05, 0) is 38.0 Å². The Morgan fingerprint density at radius 1 is 1.06 bits per heavy atom. The van der Waals surface area contributed by atoms with Gasteiger partial charge in [0, 0.05) is 6.04 Å². The van der Waals surface area contributed by atoms with Gasteiger partial charge >= 0.3 is 0 Å². The summed E-state index contributed by atoms with van der Waals surface area (Å²) in [5.41, 5.74) is 2.67. The number of fused-ring (bicyclic) bond motifs is 1. The SMILES string of the molecule is O=C(NOC1CCCC1)C1CC2CCCCC2N1. The zero-order valence-corrected chi connectivity index (χ0v) is 11.0.